The summed E-state index contributed by atoms with van der Waals surface area (Å²) in [7, 11) is 1.39. The topological polar surface area (TPSA) is 47.6 Å². The van der Waals surface area contributed by atoms with Crippen LogP contribution in [0.4, 0.5) is 4.79 Å². The maximum Gasteiger partial charge on any atom is 0.407 e. The Labute approximate surface area is 119 Å². The standard InChI is InChI=1S/C11H20INO3S/c1-11(2,3)15-10(14)13-8-4-6-9(7-5-8)16-17-12/h8-9H,4-7H2,1-3H3,(H,13,14). The van der Waals surface area contributed by atoms with Crippen molar-refractivity contribution >= 4 is 36.5 Å². The summed E-state index contributed by atoms with van der Waals surface area (Å²) < 4.78 is 10.7. The molecule has 0 aromatic rings. The molecule has 1 rings (SSSR count). The van der Waals surface area contributed by atoms with Crippen LogP contribution in [0.25, 0.3) is 0 Å². The maximum absolute atomic E-state index is 11.6. The number of alkyl carbamates (subject to hydrolysis) is 1. The lowest BCUT2D eigenvalue weighted by Gasteiger charge is -2.29. The number of hydrogen-bond donors (Lipinski definition) is 1. The van der Waals surface area contributed by atoms with E-state index in [-0.39, 0.29) is 12.1 Å². The van der Waals surface area contributed by atoms with Crippen LogP contribution in [0.3, 0.4) is 0 Å². The second kappa shape index (κ2) is 7.04. The molecule has 1 aliphatic rings. The second-order valence-corrected chi connectivity index (χ2v) is 6.68. The minimum absolute atomic E-state index is 0.226. The number of carbonyl (C=O) groups is 1. The maximum atomic E-state index is 11.6. The second-order valence-electron chi connectivity index (χ2n) is 5.28. The van der Waals surface area contributed by atoms with Crippen LogP contribution in [0.1, 0.15) is 46.5 Å². The van der Waals surface area contributed by atoms with E-state index in [2.05, 4.69) is 26.5 Å². The third kappa shape index (κ3) is 6.71. The molecule has 4 nitrogen and oxygen atoms in total. The van der Waals surface area contributed by atoms with Crippen LogP contribution in [-0.2, 0) is 8.92 Å². The molecule has 1 aliphatic carbocycles. The van der Waals surface area contributed by atoms with E-state index in [1.165, 1.54) is 9.21 Å². The number of amides is 1. The van der Waals surface area contributed by atoms with Gasteiger partial charge in [0.2, 0.25) is 0 Å². The normalized spacial score (nSPS) is 25.4. The molecule has 0 aliphatic heterocycles. The van der Waals surface area contributed by atoms with Crippen molar-refractivity contribution in [3.05, 3.63) is 0 Å². The highest BCUT2D eigenvalue weighted by Crippen LogP contribution is 2.27. The highest BCUT2D eigenvalue weighted by molar-refractivity contribution is 14.2. The molecule has 6 heteroatoms. The first-order chi connectivity index (χ1) is 7.90. The van der Waals surface area contributed by atoms with Gasteiger partial charge in [0.05, 0.1) is 15.3 Å². The van der Waals surface area contributed by atoms with Crippen molar-refractivity contribution in [2.24, 2.45) is 0 Å². The molecule has 1 fully saturated rings. The van der Waals surface area contributed by atoms with Crippen LogP contribution in [0.15, 0.2) is 0 Å². The van der Waals surface area contributed by atoms with Gasteiger partial charge >= 0.3 is 6.09 Å². The van der Waals surface area contributed by atoms with Crippen LogP contribution < -0.4 is 5.32 Å². The molecule has 0 atom stereocenters. The van der Waals surface area contributed by atoms with E-state index >= 15 is 0 Å². The molecule has 1 amide bonds. The van der Waals surface area contributed by atoms with E-state index in [0.717, 1.165) is 25.7 Å². The quantitative estimate of drug-likeness (QED) is 0.603. The molecule has 0 unspecified atom stereocenters. The summed E-state index contributed by atoms with van der Waals surface area (Å²) in [6.45, 7) is 5.61. The number of halogens is 1. The Morgan fingerprint density at radius 1 is 1.29 bits per heavy atom. The minimum Gasteiger partial charge on any atom is -0.444 e. The van der Waals surface area contributed by atoms with E-state index in [0.29, 0.717) is 6.10 Å². The summed E-state index contributed by atoms with van der Waals surface area (Å²) in [5.74, 6) is 0. The average Bonchev–Trinajstić information content (AvgIpc) is 2.18. The lowest BCUT2D eigenvalue weighted by atomic mass is 9.93. The van der Waals surface area contributed by atoms with Gasteiger partial charge in [-0.25, -0.2) is 4.79 Å². The number of rotatable bonds is 3. The Bertz CT molecular complexity index is 250. The molecule has 100 valence electrons. The smallest absolute Gasteiger partial charge is 0.407 e. The highest BCUT2D eigenvalue weighted by atomic mass is 127. The van der Waals surface area contributed by atoms with Crippen molar-refractivity contribution in [2.45, 2.75) is 64.2 Å². The molecule has 17 heavy (non-hydrogen) atoms. The SMILES string of the molecule is CC(C)(C)OC(=O)NC1CCC(OSI)CC1. The molecule has 1 saturated carbocycles. The lowest BCUT2D eigenvalue weighted by Crippen LogP contribution is -2.41. The zero-order valence-corrected chi connectivity index (χ0v) is 13.5. The molecule has 1 N–H and O–H groups in total. The third-order valence-corrected chi connectivity index (χ3v) is 3.54. The summed E-state index contributed by atoms with van der Waals surface area (Å²) in [6.07, 6.45) is 3.92. The van der Waals surface area contributed by atoms with Crippen molar-refractivity contribution < 1.29 is 13.7 Å². The molecule has 0 heterocycles. The van der Waals surface area contributed by atoms with E-state index < -0.39 is 5.60 Å². The van der Waals surface area contributed by atoms with Crippen LogP contribution >= 0.6 is 30.4 Å². The summed E-state index contributed by atoms with van der Waals surface area (Å²) >= 11 is 2.13. The molecule has 0 aromatic heterocycles. The molecule has 0 saturated heterocycles. The van der Waals surface area contributed by atoms with Crippen LogP contribution in [-0.4, -0.2) is 23.8 Å². The highest BCUT2D eigenvalue weighted by Gasteiger charge is 2.25. The van der Waals surface area contributed by atoms with E-state index in [1.807, 2.05) is 20.8 Å². The average molecular weight is 373 g/mol. The number of ether oxygens (including phenoxy) is 1. The molecular formula is C11H20INO3S. The Balaban J connectivity index is 2.24. The predicted octanol–water partition coefficient (Wildman–Crippen LogP) is 3.84. The monoisotopic (exact) mass is 373 g/mol. The van der Waals surface area contributed by atoms with Gasteiger partial charge in [0.15, 0.2) is 0 Å². The zero-order valence-electron chi connectivity index (χ0n) is 10.5. The van der Waals surface area contributed by atoms with Crippen molar-refractivity contribution in [1.82, 2.24) is 5.32 Å². The molecule has 0 spiro atoms. The number of hydrogen-bond acceptors (Lipinski definition) is 4. The largest absolute Gasteiger partial charge is 0.444 e. The van der Waals surface area contributed by atoms with Gasteiger partial charge in [0, 0.05) is 27.2 Å². The molecule has 0 aromatic carbocycles. The van der Waals surface area contributed by atoms with Crippen molar-refractivity contribution in [3.8, 4) is 0 Å². The van der Waals surface area contributed by atoms with Gasteiger partial charge in [-0.3, -0.25) is 0 Å². The van der Waals surface area contributed by atoms with Gasteiger partial charge in [-0.05, 0) is 46.5 Å². The van der Waals surface area contributed by atoms with Crippen LogP contribution in [0.5, 0.6) is 0 Å². The van der Waals surface area contributed by atoms with E-state index in [4.69, 9.17) is 8.92 Å². The van der Waals surface area contributed by atoms with E-state index in [1.54, 1.807) is 0 Å². The first kappa shape index (κ1) is 15.4. The van der Waals surface area contributed by atoms with Gasteiger partial charge < -0.3 is 14.2 Å². The first-order valence-electron chi connectivity index (χ1n) is 5.84. The fraction of sp³-hybridized carbons (Fsp3) is 0.909. The van der Waals surface area contributed by atoms with Gasteiger partial charge in [-0.2, -0.15) is 0 Å². The Kier molecular flexibility index (Phi) is 6.36. The molecule has 0 bridgehead atoms. The summed E-state index contributed by atoms with van der Waals surface area (Å²) in [5, 5.41) is 2.91. The number of nitrogens with one attached hydrogen (secondary N) is 1. The zero-order chi connectivity index (χ0) is 12.9. The van der Waals surface area contributed by atoms with Gasteiger partial charge in [-0.1, -0.05) is 0 Å². The summed E-state index contributed by atoms with van der Waals surface area (Å²) in [5.41, 5.74) is -0.428. The van der Waals surface area contributed by atoms with Gasteiger partial charge in [0.25, 0.3) is 0 Å². The third-order valence-electron chi connectivity index (χ3n) is 2.57. The Hall–Kier alpha value is 0.310. The van der Waals surface area contributed by atoms with Crippen molar-refractivity contribution in [1.29, 1.82) is 0 Å². The fourth-order valence-corrected chi connectivity index (χ4v) is 3.01. The van der Waals surface area contributed by atoms with Gasteiger partial charge in [-0.15, -0.1) is 0 Å². The Morgan fingerprint density at radius 3 is 2.35 bits per heavy atom. The van der Waals surface area contributed by atoms with Crippen LogP contribution in [0, 0.1) is 0 Å². The van der Waals surface area contributed by atoms with Crippen LogP contribution in [0.2, 0.25) is 0 Å². The molecule has 0 radical (unpaired) electrons. The summed E-state index contributed by atoms with van der Waals surface area (Å²) in [6, 6.07) is 0.226. The summed E-state index contributed by atoms with van der Waals surface area (Å²) in [4.78, 5) is 11.6. The van der Waals surface area contributed by atoms with E-state index in [9.17, 15) is 4.79 Å². The first-order valence-corrected chi connectivity index (χ1v) is 9.13. The molecular weight excluding hydrogens is 353 g/mol. The van der Waals surface area contributed by atoms with Crippen molar-refractivity contribution in [3.63, 3.8) is 0 Å². The van der Waals surface area contributed by atoms with Gasteiger partial charge in [0.1, 0.15) is 5.60 Å². The predicted molar refractivity (Wildman–Crippen MR) is 78.1 cm³/mol. The number of carbonyl (C=O) groups excluding carboxylic acids is 1. The van der Waals surface area contributed by atoms with Crippen molar-refractivity contribution in [2.75, 3.05) is 0 Å². The minimum atomic E-state index is -0.428. The fourth-order valence-electron chi connectivity index (χ4n) is 1.83. The Morgan fingerprint density at radius 2 is 1.88 bits per heavy atom. The lowest BCUT2D eigenvalue weighted by molar-refractivity contribution is 0.0476.